The molecule has 0 aliphatic carbocycles. The van der Waals surface area contributed by atoms with Gasteiger partial charge in [0.1, 0.15) is 0 Å². The first-order valence-electron chi connectivity index (χ1n) is 9.88. The Bertz CT molecular complexity index is 606. The first-order chi connectivity index (χ1) is 13.9. The van der Waals surface area contributed by atoms with Crippen molar-refractivity contribution in [2.45, 2.75) is 44.9 Å². The molecule has 5 amide bonds. The molecule has 162 valence electrons. The van der Waals surface area contributed by atoms with E-state index in [0.29, 0.717) is 31.7 Å². The number of hydrogen-bond acceptors (Lipinski definition) is 6. The normalized spacial score (nSPS) is 12.9. The highest BCUT2D eigenvalue weighted by molar-refractivity contribution is 7.80. The number of unbranched alkanes of at least 4 members (excludes halogenated alkanes) is 3. The van der Waals surface area contributed by atoms with Crippen LogP contribution in [0.4, 0.5) is 0 Å². The summed E-state index contributed by atoms with van der Waals surface area (Å²) in [6, 6.07) is 0. The fourth-order valence-corrected chi connectivity index (χ4v) is 2.83. The van der Waals surface area contributed by atoms with Crippen LogP contribution in [0, 0.1) is 0 Å². The van der Waals surface area contributed by atoms with Crippen LogP contribution in [0.5, 0.6) is 0 Å². The third-order valence-corrected chi connectivity index (χ3v) is 4.44. The summed E-state index contributed by atoms with van der Waals surface area (Å²) in [5.41, 5.74) is 0. The lowest BCUT2D eigenvalue weighted by Gasteiger charge is -2.13. The van der Waals surface area contributed by atoms with Gasteiger partial charge in [0.15, 0.2) is 0 Å². The maximum absolute atomic E-state index is 11.7. The fourth-order valence-electron chi connectivity index (χ4n) is 2.63. The van der Waals surface area contributed by atoms with Gasteiger partial charge < -0.3 is 16.0 Å². The minimum absolute atomic E-state index is 0.0179. The maximum atomic E-state index is 11.7. The van der Waals surface area contributed by atoms with Gasteiger partial charge in [-0.15, -0.1) is 0 Å². The summed E-state index contributed by atoms with van der Waals surface area (Å²) in [5.74, 6) is -0.728. The van der Waals surface area contributed by atoms with Gasteiger partial charge in [-0.05, 0) is 25.0 Å². The van der Waals surface area contributed by atoms with Gasteiger partial charge in [-0.25, -0.2) is 0 Å². The molecule has 9 nitrogen and oxygen atoms in total. The van der Waals surface area contributed by atoms with Crippen LogP contribution in [0.3, 0.4) is 0 Å². The van der Waals surface area contributed by atoms with Crippen molar-refractivity contribution in [2.75, 3.05) is 31.9 Å². The van der Waals surface area contributed by atoms with Gasteiger partial charge in [0.25, 0.3) is 11.8 Å². The Balaban J connectivity index is 1.94. The molecule has 0 bridgehead atoms. The summed E-state index contributed by atoms with van der Waals surface area (Å²) < 4.78 is 0. The molecule has 10 heteroatoms. The number of nitrogens with zero attached hydrogens (tertiary/aromatic N) is 1. The zero-order valence-corrected chi connectivity index (χ0v) is 17.5. The van der Waals surface area contributed by atoms with Gasteiger partial charge in [0, 0.05) is 44.6 Å². The SMILES string of the molecule is O=C(CCS)NCCCCCCNC(=O)CNC(=O)CCCN1C(=O)C=CC1=O. The molecule has 0 saturated carbocycles. The van der Waals surface area contributed by atoms with Gasteiger partial charge in [-0.3, -0.25) is 28.9 Å². The van der Waals surface area contributed by atoms with Crippen LogP contribution in [0.1, 0.15) is 44.9 Å². The molecule has 3 N–H and O–H groups in total. The van der Waals surface area contributed by atoms with Gasteiger partial charge in [-0.1, -0.05) is 12.8 Å². The summed E-state index contributed by atoms with van der Waals surface area (Å²) in [6.07, 6.45) is 6.95. The molecule has 0 spiro atoms. The minimum atomic E-state index is -0.368. The van der Waals surface area contributed by atoms with Crippen molar-refractivity contribution in [1.82, 2.24) is 20.9 Å². The molecule has 1 heterocycles. The fraction of sp³-hybridized carbons (Fsp3) is 0.632. The second-order valence-electron chi connectivity index (χ2n) is 6.63. The summed E-state index contributed by atoms with van der Waals surface area (Å²) in [7, 11) is 0. The molecule has 0 unspecified atom stereocenters. The van der Waals surface area contributed by atoms with E-state index in [1.54, 1.807) is 0 Å². The molecule has 0 fully saturated rings. The van der Waals surface area contributed by atoms with Gasteiger partial charge >= 0.3 is 0 Å². The number of carbonyl (C=O) groups is 5. The highest BCUT2D eigenvalue weighted by Gasteiger charge is 2.22. The second kappa shape index (κ2) is 14.6. The van der Waals surface area contributed by atoms with Gasteiger partial charge in [0.05, 0.1) is 6.54 Å². The van der Waals surface area contributed by atoms with Crippen LogP contribution >= 0.6 is 12.6 Å². The number of imide groups is 1. The van der Waals surface area contributed by atoms with Crippen molar-refractivity contribution in [2.24, 2.45) is 0 Å². The molecule has 0 saturated heterocycles. The Kier molecular flexibility index (Phi) is 12.4. The molecule has 1 aliphatic rings. The standard InChI is InChI=1S/C19H30N4O5S/c24-15(6-5-12-23-18(27)7-8-19(23)28)22-14-17(26)21-11-4-2-1-3-10-20-16(25)9-13-29/h7-8,29H,1-6,9-14H2,(H,20,25)(H,21,26)(H,22,24). The van der Waals surface area contributed by atoms with Crippen LogP contribution < -0.4 is 16.0 Å². The second-order valence-corrected chi connectivity index (χ2v) is 7.08. The number of carbonyl (C=O) groups excluding carboxylic acids is 5. The minimum Gasteiger partial charge on any atom is -0.356 e. The molecule has 1 rings (SSSR count). The predicted octanol–water partition coefficient (Wildman–Crippen LogP) is -0.0795. The Morgan fingerprint density at radius 3 is 1.90 bits per heavy atom. The highest BCUT2D eigenvalue weighted by Crippen LogP contribution is 2.05. The predicted molar refractivity (Wildman–Crippen MR) is 111 cm³/mol. The van der Waals surface area contributed by atoms with Crippen molar-refractivity contribution >= 4 is 42.2 Å². The molecule has 1 aliphatic heterocycles. The van der Waals surface area contributed by atoms with Crippen molar-refractivity contribution in [3.8, 4) is 0 Å². The van der Waals surface area contributed by atoms with E-state index in [1.807, 2.05) is 0 Å². The van der Waals surface area contributed by atoms with E-state index in [9.17, 15) is 24.0 Å². The first-order valence-corrected chi connectivity index (χ1v) is 10.5. The maximum Gasteiger partial charge on any atom is 0.253 e. The largest absolute Gasteiger partial charge is 0.356 e. The van der Waals surface area contributed by atoms with Crippen LogP contribution in [0.15, 0.2) is 12.2 Å². The lowest BCUT2D eigenvalue weighted by molar-refractivity contribution is -0.137. The van der Waals surface area contributed by atoms with Crippen LogP contribution in [0.25, 0.3) is 0 Å². The monoisotopic (exact) mass is 426 g/mol. The Morgan fingerprint density at radius 2 is 1.31 bits per heavy atom. The Labute approximate surface area is 176 Å². The van der Waals surface area contributed by atoms with E-state index in [2.05, 4.69) is 28.6 Å². The highest BCUT2D eigenvalue weighted by atomic mass is 32.1. The van der Waals surface area contributed by atoms with Gasteiger partial charge in [0.2, 0.25) is 17.7 Å². The van der Waals surface area contributed by atoms with Crippen LogP contribution in [-0.4, -0.2) is 66.4 Å². The van der Waals surface area contributed by atoms with E-state index in [-0.39, 0.29) is 49.0 Å². The zero-order valence-electron chi connectivity index (χ0n) is 16.6. The van der Waals surface area contributed by atoms with Crippen LogP contribution in [0.2, 0.25) is 0 Å². The number of nitrogens with one attached hydrogen (secondary N) is 3. The Morgan fingerprint density at radius 1 is 0.759 bits per heavy atom. The van der Waals surface area contributed by atoms with E-state index < -0.39 is 0 Å². The topological polar surface area (TPSA) is 125 Å². The van der Waals surface area contributed by atoms with Gasteiger partial charge in [-0.2, -0.15) is 12.6 Å². The molecule has 0 aromatic heterocycles. The third-order valence-electron chi connectivity index (χ3n) is 4.22. The molecular weight excluding hydrogens is 396 g/mol. The van der Waals surface area contributed by atoms with Crippen LogP contribution in [-0.2, 0) is 24.0 Å². The third kappa shape index (κ3) is 11.3. The summed E-state index contributed by atoms with van der Waals surface area (Å²) >= 11 is 4.00. The molecule has 0 atom stereocenters. The lowest BCUT2D eigenvalue weighted by Crippen LogP contribution is -2.37. The summed E-state index contributed by atoms with van der Waals surface area (Å²) in [5, 5.41) is 8.08. The number of rotatable bonds is 15. The number of hydrogen-bond donors (Lipinski definition) is 4. The molecule has 0 aromatic carbocycles. The molecule has 0 aromatic rings. The quantitative estimate of drug-likeness (QED) is 0.166. The average molecular weight is 427 g/mol. The zero-order chi connectivity index (χ0) is 21.5. The van der Waals surface area contributed by atoms with Crippen molar-refractivity contribution in [3.05, 3.63) is 12.2 Å². The lowest BCUT2D eigenvalue weighted by atomic mass is 10.2. The van der Waals surface area contributed by atoms with Crippen molar-refractivity contribution < 1.29 is 24.0 Å². The van der Waals surface area contributed by atoms with E-state index in [1.165, 1.54) is 12.2 Å². The number of amides is 5. The molecule has 0 radical (unpaired) electrons. The van der Waals surface area contributed by atoms with E-state index in [0.717, 1.165) is 30.6 Å². The summed E-state index contributed by atoms with van der Waals surface area (Å²) in [4.78, 5) is 58.5. The Hall–Kier alpha value is -2.36. The van der Waals surface area contributed by atoms with Crippen molar-refractivity contribution in [3.63, 3.8) is 0 Å². The first kappa shape index (κ1) is 24.7. The summed E-state index contributed by atoms with van der Waals surface area (Å²) in [6.45, 7) is 1.27. The van der Waals surface area contributed by atoms with Crippen molar-refractivity contribution in [1.29, 1.82) is 0 Å². The van der Waals surface area contributed by atoms with E-state index in [4.69, 9.17) is 0 Å². The molecule has 29 heavy (non-hydrogen) atoms. The average Bonchev–Trinajstić information content (AvgIpc) is 3.00. The smallest absolute Gasteiger partial charge is 0.253 e. The number of thiol groups is 1. The van der Waals surface area contributed by atoms with E-state index >= 15 is 0 Å². The molecular formula is C19H30N4O5S.